The summed E-state index contributed by atoms with van der Waals surface area (Å²) in [6.07, 6.45) is 2.71. The molecule has 31 heavy (non-hydrogen) atoms. The summed E-state index contributed by atoms with van der Waals surface area (Å²) in [6, 6.07) is 16.3. The van der Waals surface area contributed by atoms with Gasteiger partial charge in [0.2, 0.25) is 17.7 Å². The molecular formula is C25H31N3O3. The maximum Gasteiger partial charge on any atom is 0.247 e. The average molecular weight is 422 g/mol. The number of rotatable bonds is 8. The highest BCUT2D eigenvalue weighted by Crippen LogP contribution is 2.26. The Morgan fingerprint density at radius 2 is 1.81 bits per heavy atom. The van der Waals surface area contributed by atoms with Gasteiger partial charge in [0.05, 0.1) is 0 Å². The molecule has 0 aromatic heterocycles. The number of amides is 3. The number of benzene rings is 2. The van der Waals surface area contributed by atoms with Gasteiger partial charge in [-0.05, 0) is 42.0 Å². The molecule has 2 N–H and O–H groups in total. The third-order valence-corrected chi connectivity index (χ3v) is 5.31. The van der Waals surface area contributed by atoms with Gasteiger partial charge >= 0.3 is 0 Å². The Morgan fingerprint density at radius 3 is 2.52 bits per heavy atom. The van der Waals surface area contributed by atoms with E-state index in [2.05, 4.69) is 10.6 Å². The van der Waals surface area contributed by atoms with Crippen LogP contribution in [0.4, 0.5) is 5.69 Å². The van der Waals surface area contributed by atoms with Crippen molar-refractivity contribution in [3.63, 3.8) is 0 Å². The summed E-state index contributed by atoms with van der Waals surface area (Å²) >= 11 is 0. The van der Waals surface area contributed by atoms with E-state index in [0.717, 1.165) is 24.0 Å². The first-order valence-electron chi connectivity index (χ1n) is 10.9. The van der Waals surface area contributed by atoms with Crippen LogP contribution in [0.25, 0.3) is 0 Å². The molecule has 6 heteroatoms. The minimum Gasteiger partial charge on any atom is -0.350 e. The number of nitrogens with zero attached hydrogens (tertiary/aromatic N) is 1. The minimum atomic E-state index is -0.636. The van der Waals surface area contributed by atoms with Crippen molar-refractivity contribution in [1.29, 1.82) is 0 Å². The third-order valence-electron chi connectivity index (χ3n) is 5.31. The fourth-order valence-electron chi connectivity index (χ4n) is 3.84. The smallest absolute Gasteiger partial charge is 0.247 e. The molecule has 2 aromatic carbocycles. The molecule has 1 aliphatic heterocycles. The van der Waals surface area contributed by atoms with Crippen molar-refractivity contribution in [2.45, 2.75) is 52.1 Å². The van der Waals surface area contributed by atoms with E-state index in [0.29, 0.717) is 31.6 Å². The second kappa shape index (κ2) is 10.8. The predicted octanol–water partition coefficient (Wildman–Crippen LogP) is 4.04. The maximum atomic E-state index is 13.2. The molecule has 3 rings (SSSR count). The van der Waals surface area contributed by atoms with Gasteiger partial charge in [-0.15, -0.1) is 0 Å². The van der Waals surface area contributed by atoms with Crippen molar-refractivity contribution in [2.75, 3.05) is 11.9 Å². The number of hydrogen-bond donors (Lipinski definition) is 2. The van der Waals surface area contributed by atoms with Crippen LogP contribution >= 0.6 is 0 Å². The topological polar surface area (TPSA) is 78.5 Å². The average Bonchev–Trinajstić information content (AvgIpc) is 2.74. The third kappa shape index (κ3) is 6.41. The van der Waals surface area contributed by atoms with Crippen LogP contribution in [0.2, 0.25) is 0 Å². The van der Waals surface area contributed by atoms with Crippen molar-refractivity contribution < 1.29 is 14.4 Å². The summed E-state index contributed by atoms with van der Waals surface area (Å²) in [4.78, 5) is 39.4. The van der Waals surface area contributed by atoms with E-state index in [1.54, 1.807) is 4.90 Å². The molecule has 0 saturated carbocycles. The zero-order valence-corrected chi connectivity index (χ0v) is 18.3. The van der Waals surface area contributed by atoms with E-state index in [-0.39, 0.29) is 23.6 Å². The standard InChI is InChI=1S/C25H31N3O3/c1-18(2)15-22(29)27-21-12-8-9-19(16-21)17-26-25(31)24(20-10-4-3-5-11-20)28-14-7-6-13-23(28)30/h3-5,8-12,16,18,24H,6-7,13-15,17H2,1-2H3,(H,26,31)(H,27,29). The van der Waals surface area contributed by atoms with Crippen molar-refractivity contribution in [2.24, 2.45) is 5.92 Å². The molecule has 1 atom stereocenters. The first-order valence-corrected chi connectivity index (χ1v) is 10.9. The molecule has 1 heterocycles. The molecule has 164 valence electrons. The summed E-state index contributed by atoms with van der Waals surface area (Å²) in [7, 11) is 0. The lowest BCUT2D eigenvalue weighted by Crippen LogP contribution is -2.45. The van der Waals surface area contributed by atoms with Crippen LogP contribution in [-0.2, 0) is 20.9 Å². The Kier molecular flexibility index (Phi) is 7.82. The quantitative estimate of drug-likeness (QED) is 0.675. The number of carbonyl (C=O) groups is 3. The number of hydrogen-bond acceptors (Lipinski definition) is 3. The van der Waals surface area contributed by atoms with Gasteiger partial charge in [0.1, 0.15) is 6.04 Å². The highest BCUT2D eigenvalue weighted by Gasteiger charge is 2.32. The summed E-state index contributed by atoms with van der Waals surface area (Å²) in [5, 5.41) is 5.89. The van der Waals surface area contributed by atoms with E-state index < -0.39 is 6.04 Å². The second-order valence-electron chi connectivity index (χ2n) is 8.42. The molecular weight excluding hydrogens is 390 g/mol. The van der Waals surface area contributed by atoms with E-state index in [4.69, 9.17) is 0 Å². The highest BCUT2D eigenvalue weighted by atomic mass is 16.2. The number of anilines is 1. The largest absolute Gasteiger partial charge is 0.350 e. The molecule has 1 unspecified atom stereocenters. The van der Waals surface area contributed by atoms with Gasteiger partial charge in [-0.3, -0.25) is 14.4 Å². The first-order chi connectivity index (χ1) is 14.9. The van der Waals surface area contributed by atoms with E-state index in [1.165, 1.54) is 0 Å². The van der Waals surface area contributed by atoms with E-state index in [1.807, 2.05) is 68.4 Å². The van der Waals surface area contributed by atoms with Crippen LogP contribution in [0.15, 0.2) is 54.6 Å². The van der Waals surface area contributed by atoms with Gasteiger partial charge in [0.15, 0.2) is 0 Å². The molecule has 3 amide bonds. The fourth-order valence-corrected chi connectivity index (χ4v) is 3.84. The zero-order chi connectivity index (χ0) is 22.2. The molecule has 0 spiro atoms. The molecule has 6 nitrogen and oxygen atoms in total. The molecule has 0 aliphatic carbocycles. The molecule has 1 saturated heterocycles. The number of nitrogens with one attached hydrogen (secondary N) is 2. The van der Waals surface area contributed by atoms with Gasteiger partial charge < -0.3 is 15.5 Å². The number of carbonyl (C=O) groups excluding carboxylic acids is 3. The highest BCUT2D eigenvalue weighted by molar-refractivity contribution is 5.91. The Bertz CT molecular complexity index is 911. The fraction of sp³-hybridized carbons (Fsp3) is 0.400. The Balaban J connectivity index is 1.69. The van der Waals surface area contributed by atoms with Crippen molar-refractivity contribution in [3.05, 3.63) is 65.7 Å². The normalized spacial score (nSPS) is 14.9. The minimum absolute atomic E-state index is 0.0186. The Hall–Kier alpha value is -3.15. The predicted molar refractivity (Wildman–Crippen MR) is 121 cm³/mol. The van der Waals surface area contributed by atoms with Gasteiger partial charge in [-0.1, -0.05) is 56.3 Å². The summed E-state index contributed by atoms with van der Waals surface area (Å²) in [5.41, 5.74) is 2.40. The molecule has 1 fully saturated rings. The van der Waals surface area contributed by atoms with Gasteiger partial charge in [0, 0.05) is 31.6 Å². The van der Waals surface area contributed by atoms with Gasteiger partial charge in [-0.25, -0.2) is 0 Å². The van der Waals surface area contributed by atoms with Crippen molar-refractivity contribution in [3.8, 4) is 0 Å². The first kappa shape index (κ1) is 22.5. The number of piperidine rings is 1. The SMILES string of the molecule is CC(C)CC(=O)Nc1cccc(CNC(=O)C(c2ccccc2)N2CCCCC2=O)c1. The Labute approximate surface area is 184 Å². The lowest BCUT2D eigenvalue weighted by atomic mass is 10.0. The summed E-state index contributed by atoms with van der Waals surface area (Å²) < 4.78 is 0. The monoisotopic (exact) mass is 421 g/mol. The van der Waals surface area contributed by atoms with Crippen LogP contribution < -0.4 is 10.6 Å². The zero-order valence-electron chi connectivity index (χ0n) is 18.3. The molecule has 0 bridgehead atoms. The molecule has 2 aromatic rings. The second-order valence-corrected chi connectivity index (χ2v) is 8.42. The lowest BCUT2D eigenvalue weighted by Gasteiger charge is -2.34. The Morgan fingerprint density at radius 1 is 1.03 bits per heavy atom. The lowest BCUT2D eigenvalue weighted by molar-refractivity contribution is -0.142. The van der Waals surface area contributed by atoms with Crippen LogP contribution in [0, 0.1) is 5.92 Å². The van der Waals surface area contributed by atoms with Gasteiger partial charge in [0.25, 0.3) is 0 Å². The van der Waals surface area contributed by atoms with Crippen molar-refractivity contribution >= 4 is 23.4 Å². The van der Waals surface area contributed by atoms with Crippen LogP contribution in [0.5, 0.6) is 0 Å². The van der Waals surface area contributed by atoms with Crippen LogP contribution in [0.1, 0.15) is 56.7 Å². The number of likely N-dealkylation sites (tertiary alicyclic amines) is 1. The van der Waals surface area contributed by atoms with Gasteiger partial charge in [-0.2, -0.15) is 0 Å². The van der Waals surface area contributed by atoms with Crippen LogP contribution in [0.3, 0.4) is 0 Å². The van der Waals surface area contributed by atoms with E-state index >= 15 is 0 Å². The van der Waals surface area contributed by atoms with E-state index in [9.17, 15) is 14.4 Å². The summed E-state index contributed by atoms with van der Waals surface area (Å²) in [6.45, 7) is 4.91. The summed E-state index contributed by atoms with van der Waals surface area (Å²) in [5.74, 6) is 0.0830. The molecule has 1 aliphatic rings. The molecule has 0 radical (unpaired) electrons. The maximum absolute atomic E-state index is 13.2. The van der Waals surface area contributed by atoms with Crippen molar-refractivity contribution in [1.82, 2.24) is 10.2 Å². The van der Waals surface area contributed by atoms with Crippen LogP contribution in [-0.4, -0.2) is 29.2 Å².